The second-order valence-corrected chi connectivity index (χ2v) is 5.78. The van der Waals surface area contributed by atoms with E-state index in [0.717, 1.165) is 26.1 Å². The fourth-order valence-electron chi connectivity index (χ4n) is 2.16. The van der Waals surface area contributed by atoms with Crippen molar-refractivity contribution in [3.63, 3.8) is 0 Å². The van der Waals surface area contributed by atoms with E-state index in [1.807, 2.05) is 0 Å². The average molecular weight is 297 g/mol. The first-order valence-corrected chi connectivity index (χ1v) is 7.33. The molecular weight excluding hydrogens is 282 g/mol. The van der Waals surface area contributed by atoms with Gasteiger partial charge in [0.1, 0.15) is 5.56 Å². The lowest BCUT2D eigenvalue weighted by molar-refractivity contribution is -0.385. The summed E-state index contributed by atoms with van der Waals surface area (Å²) in [5, 5.41) is 20.5. The molecule has 0 aromatic heterocycles. The van der Waals surface area contributed by atoms with E-state index < -0.39 is 10.9 Å². The number of hydrogen-bond acceptors (Lipinski definition) is 5. The summed E-state index contributed by atoms with van der Waals surface area (Å²) in [4.78, 5) is 21.5. The summed E-state index contributed by atoms with van der Waals surface area (Å²) in [6, 6.07) is 4.40. The van der Waals surface area contributed by atoms with E-state index in [2.05, 4.69) is 0 Å². The zero-order valence-corrected chi connectivity index (χ0v) is 11.6. The minimum Gasteiger partial charge on any atom is -0.477 e. The van der Waals surface area contributed by atoms with Crippen molar-refractivity contribution in [1.29, 1.82) is 0 Å². The molecule has 1 aliphatic rings. The highest BCUT2D eigenvalue weighted by Crippen LogP contribution is 2.30. The monoisotopic (exact) mass is 297 g/mol. The van der Waals surface area contributed by atoms with Gasteiger partial charge in [0.25, 0.3) is 5.69 Å². The van der Waals surface area contributed by atoms with Gasteiger partial charge in [0.15, 0.2) is 0 Å². The molecule has 1 N–H and O–H groups in total. The molecule has 7 heteroatoms. The molecule has 1 aromatic carbocycles. The van der Waals surface area contributed by atoms with E-state index in [1.165, 1.54) is 12.1 Å². The summed E-state index contributed by atoms with van der Waals surface area (Å²) >= 11 is 1.64. The van der Waals surface area contributed by atoms with Crippen molar-refractivity contribution in [2.45, 2.75) is 23.8 Å². The molecule has 1 heterocycles. The number of carboxylic acids is 1. The number of thioether (sulfide) groups is 1. The molecule has 1 fully saturated rings. The predicted octanol–water partition coefficient (Wildman–Crippen LogP) is 2.71. The summed E-state index contributed by atoms with van der Waals surface area (Å²) < 4.78 is 5.27. The third kappa shape index (κ3) is 3.49. The van der Waals surface area contributed by atoms with E-state index in [4.69, 9.17) is 4.74 Å². The maximum Gasteiger partial charge on any atom is 0.343 e. The van der Waals surface area contributed by atoms with Crippen LogP contribution < -0.4 is 0 Å². The first-order chi connectivity index (χ1) is 9.59. The molecule has 0 spiro atoms. The number of nitro groups is 1. The number of ether oxygens (including phenoxy) is 1. The van der Waals surface area contributed by atoms with E-state index >= 15 is 0 Å². The molecule has 108 valence electrons. The minimum absolute atomic E-state index is 0.197. The molecule has 0 amide bonds. The van der Waals surface area contributed by atoms with Crippen LogP contribution in [0.5, 0.6) is 0 Å². The van der Waals surface area contributed by atoms with Crippen LogP contribution in [0.4, 0.5) is 5.69 Å². The molecule has 1 aliphatic heterocycles. The van der Waals surface area contributed by atoms with Crippen molar-refractivity contribution in [3.8, 4) is 0 Å². The van der Waals surface area contributed by atoms with Crippen molar-refractivity contribution < 1.29 is 19.6 Å². The lowest BCUT2D eigenvalue weighted by atomic mass is 10.1. The van der Waals surface area contributed by atoms with Crippen molar-refractivity contribution in [2.24, 2.45) is 0 Å². The Morgan fingerprint density at radius 1 is 1.45 bits per heavy atom. The maximum absolute atomic E-state index is 11.3. The van der Waals surface area contributed by atoms with Gasteiger partial charge in [-0.1, -0.05) is 12.1 Å². The molecule has 0 radical (unpaired) electrons. The van der Waals surface area contributed by atoms with Gasteiger partial charge in [-0.3, -0.25) is 10.1 Å². The first kappa shape index (κ1) is 14.8. The van der Waals surface area contributed by atoms with Gasteiger partial charge in [-0.15, -0.1) is 0 Å². The Morgan fingerprint density at radius 2 is 2.15 bits per heavy atom. The van der Waals surface area contributed by atoms with Crippen LogP contribution in [0.25, 0.3) is 0 Å². The van der Waals surface area contributed by atoms with Crippen LogP contribution in [-0.2, 0) is 10.5 Å². The lowest BCUT2D eigenvalue weighted by Gasteiger charge is -2.21. The standard InChI is InChI=1S/C13H15NO5S/c15-13(16)12-9(2-1-3-11(12)14(17)18)8-20-10-4-6-19-7-5-10/h1-3,10H,4-8H2,(H,15,16). The summed E-state index contributed by atoms with van der Waals surface area (Å²) in [6.45, 7) is 1.44. The molecule has 6 nitrogen and oxygen atoms in total. The van der Waals surface area contributed by atoms with Gasteiger partial charge in [0.2, 0.25) is 0 Å². The van der Waals surface area contributed by atoms with Gasteiger partial charge in [0, 0.05) is 30.3 Å². The molecule has 2 rings (SSSR count). The van der Waals surface area contributed by atoms with Gasteiger partial charge in [-0.2, -0.15) is 11.8 Å². The van der Waals surface area contributed by atoms with Crippen LogP contribution in [0.15, 0.2) is 18.2 Å². The summed E-state index contributed by atoms with van der Waals surface area (Å²) in [5.41, 5.74) is -0.0390. The smallest absolute Gasteiger partial charge is 0.343 e. The third-order valence-corrected chi connectivity index (χ3v) is 4.60. The molecule has 1 aromatic rings. The Kier molecular flexibility index (Phi) is 4.97. The number of hydrogen-bond donors (Lipinski definition) is 1. The third-order valence-electron chi connectivity index (χ3n) is 3.18. The van der Waals surface area contributed by atoms with E-state index in [0.29, 0.717) is 16.6 Å². The minimum atomic E-state index is -1.25. The van der Waals surface area contributed by atoms with Crippen LogP contribution in [0.2, 0.25) is 0 Å². The predicted molar refractivity (Wildman–Crippen MR) is 75.2 cm³/mol. The van der Waals surface area contributed by atoms with Crippen LogP contribution in [-0.4, -0.2) is 34.5 Å². The second kappa shape index (κ2) is 6.71. The SMILES string of the molecule is O=C(O)c1c(CSC2CCOCC2)cccc1[N+](=O)[O-]. The van der Waals surface area contributed by atoms with Gasteiger partial charge in [-0.05, 0) is 18.4 Å². The van der Waals surface area contributed by atoms with Gasteiger partial charge in [-0.25, -0.2) is 4.79 Å². The van der Waals surface area contributed by atoms with Gasteiger partial charge < -0.3 is 9.84 Å². The van der Waals surface area contributed by atoms with Gasteiger partial charge >= 0.3 is 5.97 Å². The maximum atomic E-state index is 11.3. The Morgan fingerprint density at radius 3 is 2.75 bits per heavy atom. The van der Waals surface area contributed by atoms with Crippen molar-refractivity contribution in [3.05, 3.63) is 39.4 Å². The molecule has 0 bridgehead atoms. The van der Waals surface area contributed by atoms with Crippen molar-refractivity contribution in [1.82, 2.24) is 0 Å². The summed E-state index contributed by atoms with van der Waals surface area (Å²) in [7, 11) is 0. The number of aromatic carboxylic acids is 1. The topological polar surface area (TPSA) is 89.7 Å². The average Bonchev–Trinajstić information content (AvgIpc) is 2.45. The Bertz CT molecular complexity index is 513. The Balaban J connectivity index is 2.16. The highest BCUT2D eigenvalue weighted by atomic mass is 32.2. The molecule has 1 saturated heterocycles. The fraction of sp³-hybridized carbons (Fsp3) is 0.462. The van der Waals surface area contributed by atoms with Crippen molar-refractivity contribution in [2.75, 3.05) is 13.2 Å². The molecule has 20 heavy (non-hydrogen) atoms. The number of carbonyl (C=O) groups is 1. The van der Waals surface area contributed by atoms with Crippen LogP contribution >= 0.6 is 11.8 Å². The second-order valence-electron chi connectivity index (χ2n) is 4.50. The molecule has 0 aliphatic carbocycles. The number of rotatable bonds is 5. The number of nitro benzene ring substituents is 1. The quantitative estimate of drug-likeness (QED) is 0.664. The van der Waals surface area contributed by atoms with Gasteiger partial charge in [0.05, 0.1) is 4.92 Å². The highest BCUT2D eigenvalue weighted by Gasteiger charge is 2.24. The van der Waals surface area contributed by atoms with Crippen LogP contribution in [0, 0.1) is 10.1 Å². The Hall–Kier alpha value is -1.60. The first-order valence-electron chi connectivity index (χ1n) is 6.28. The van der Waals surface area contributed by atoms with E-state index in [9.17, 15) is 20.0 Å². The van der Waals surface area contributed by atoms with Crippen LogP contribution in [0.1, 0.15) is 28.8 Å². The summed E-state index contributed by atoms with van der Waals surface area (Å²) in [5.74, 6) is -0.784. The van der Waals surface area contributed by atoms with Crippen molar-refractivity contribution >= 4 is 23.4 Å². The molecular formula is C13H15NO5S. The normalized spacial score (nSPS) is 16.0. The Labute approximate surface area is 120 Å². The molecule has 0 saturated carbocycles. The molecule has 0 atom stereocenters. The largest absolute Gasteiger partial charge is 0.477 e. The van der Waals surface area contributed by atoms with E-state index in [-0.39, 0.29) is 11.3 Å². The number of benzene rings is 1. The van der Waals surface area contributed by atoms with Crippen LogP contribution in [0.3, 0.4) is 0 Å². The zero-order chi connectivity index (χ0) is 14.5. The highest BCUT2D eigenvalue weighted by molar-refractivity contribution is 7.99. The molecule has 0 unspecified atom stereocenters. The zero-order valence-electron chi connectivity index (χ0n) is 10.8. The lowest BCUT2D eigenvalue weighted by Crippen LogP contribution is -2.18. The fourth-order valence-corrected chi connectivity index (χ4v) is 3.34. The number of nitrogens with zero attached hydrogens (tertiary/aromatic N) is 1. The van der Waals surface area contributed by atoms with E-state index in [1.54, 1.807) is 17.8 Å². The number of carboxylic acid groups (broad SMARTS) is 1. The summed E-state index contributed by atoms with van der Waals surface area (Å²) in [6.07, 6.45) is 1.87.